The SMILES string of the molecule is CCOc1cc(C2/C(=C(\O)c3cc(C)c(OC)cc3C)C(=O)C(=O)N2c2cccc(OC)c2)ccc1OC. The molecule has 0 radical (unpaired) electrons. The number of ketones is 1. The first-order valence-electron chi connectivity index (χ1n) is 12.2. The number of amides is 1. The minimum atomic E-state index is -0.936. The second-order valence-corrected chi connectivity index (χ2v) is 8.85. The van der Waals surface area contributed by atoms with Gasteiger partial charge in [-0.25, -0.2) is 0 Å². The monoisotopic (exact) mass is 517 g/mol. The van der Waals surface area contributed by atoms with Crippen LogP contribution in [0.1, 0.15) is 35.2 Å². The Labute approximate surface area is 222 Å². The third-order valence-corrected chi connectivity index (χ3v) is 6.58. The molecule has 0 aliphatic carbocycles. The second kappa shape index (κ2) is 10.9. The molecule has 3 aromatic carbocycles. The molecule has 1 aliphatic rings. The lowest BCUT2D eigenvalue weighted by atomic mass is 9.92. The number of hydrogen-bond acceptors (Lipinski definition) is 7. The van der Waals surface area contributed by atoms with Crippen LogP contribution in [0.15, 0.2) is 60.2 Å². The maximum absolute atomic E-state index is 13.6. The Morgan fingerprint density at radius 1 is 0.868 bits per heavy atom. The van der Waals surface area contributed by atoms with Crippen LogP contribution in [-0.4, -0.2) is 44.7 Å². The summed E-state index contributed by atoms with van der Waals surface area (Å²) >= 11 is 0. The summed E-state index contributed by atoms with van der Waals surface area (Å²) in [6.45, 7) is 5.90. The lowest BCUT2D eigenvalue weighted by molar-refractivity contribution is -0.132. The van der Waals surface area contributed by atoms with E-state index in [0.29, 0.717) is 52.0 Å². The lowest BCUT2D eigenvalue weighted by Gasteiger charge is -2.26. The third kappa shape index (κ3) is 4.65. The van der Waals surface area contributed by atoms with Crippen molar-refractivity contribution in [1.29, 1.82) is 0 Å². The Kier molecular flexibility index (Phi) is 7.62. The zero-order chi connectivity index (χ0) is 27.6. The molecular formula is C30H31NO7. The molecule has 8 nitrogen and oxygen atoms in total. The molecule has 0 bridgehead atoms. The molecule has 1 heterocycles. The fourth-order valence-corrected chi connectivity index (χ4v) is 4.72. The van der Waals surface area contributed by atoms with Crippen molar-refractivity contribution in [3.05, 3.63) is 82.4 Å². The van der Waals surface area contributed by atoms with Crippen molar-refractivity contribution >= 4 is 23.1 Å². The number of ether oxygens (including phenoxy) is 4. The highest BCUT2D eigenvalue weighted by molar-refractivity contribution is 6.51. The Balaban J connectivity index is 2.00. The van der Waals surface area contributed by atoms with E-state index in [1.54, 1.807) is 61.7 Å². The smallest absolute Gasteiger partial charge is 0.300 e. The van der Waals surface area contributed by atoms with Crippen molar-refractivity contribution in [1.82, 2.24) is 0 Å². The number of carbonyl (C=O) groups excluding carboxylic acids is 2. The van der Waals surface area contributed by atoms with Crippen LogP contribution in [0, 0.1) is 13.8 Å². The van der Waals surface area contributed by atoms with Crippen LogP contribution in [0.3, 0.4) is 0 Å². The van der Waals surface area contributed by atoms with Crippen molar-refractivity contribution in [2.24, 2.45) is 0 Å². The minimum Gasteiger partial charge on any atom is -0.507 e. The largest absolute Gasteiger partial charge is 0.507 e. The molecule has 1 atom stereocenters. The predicted octanol–water partition coefficient (Wildman–Crippen LogP) is 5.35. The number of hydrogen-bond donors (Lipinski definition) is 1. The summed E-state index contributed by atoms with van der Waals surface area (Å²) < 4.78 is 22.0. The Morgan fingerprint density at radius 3 is 2.26 bits per heavy atom. The number of aliphatic hydroxyl groups is 1. The van der Waals surface area contributed by atoms with E-state index >= 15 is 0 Å². The Morgan fingerprint density at radius 2 is 1.61 bits per heavy atom. The molecule has 1 saturated heterocycles. The molecule has 0 spiro atoms. The first-order chi connectivity index (χ1) is 18.2. The summed E-state index contributed by atoms with van der Waals surface area (Å²) in [5, 5.41) is 11.6. The lowest BCUT2D eigenvalue weighted by Crippen LogP contribution is -2.29. The van der Waals surface area contributed by atoms with Gasteiger partial charge in [0.2, 0.25) is 0 Å². The molecule has 8 heteroatoms. The van der Waals surface area contributed by atoms with Gasteiger partial charge >= 0.3 is 0 Å². The zero-order valence-electron chi connectivity index (χ0n) is 22.3. The van der Waals surface area contributed by atoms with Gasteiger partial charge in [-0.05, 0) is 73.9 Å². The highest BCUT2D eigenvalue weighted by atomic mass is 16.5. The van der Waals surface area contributed by atoms with Crippen LogP contribution >= 0.6 is 0 Å². The van der Waals surface area contributed by atoms with Crippen molar-refractivity contribution in [3.63, 3.8) is 0 Å². The van der Waals surface area contributed by atoms with Gasteiger partial charge < -0.3 is 24.1 Å². The summed E-state index contributed by atoms with van der Waals surface area (Å²) in [5.74, 6) is 0.323. The normalized spacial score (nSPS) is 16.5. The molecule has 1 amide bonds. The number of Topliss-reactive ketones (excluding diaryl/α,β-unsaturated/α-hetero) is 1. The van der Waals surface area contributed by atoms with Gasteiger partial charge in [0.1, 0.15) is 17.3 Å². The first-order valence-corrected chi connectivity index (χ1v) is 12.2. The fraction of sp³-hybridized carbons (Fsp3) is 0.267. The van der Waals surface area contributed by atoms with Gasteiger partial charge in [-0.3, -0.25) is 14.5 Å². The van der Waals surface area contributed by atoms with E-state index in [0.717, 1.165) is 5.56 Å². The maximum atomic E-state index is 13.6. The van der Waals surface area contributed by atoms with Gasteiger partial charge in [-0.2, -0.15) is 0 Å². The van der Waals surface area contributed by atoms with Crippen LogP contribution in [0.4, 0.5) is 5.69 Å². The number of aliphatic hydroxyl groups excluding tert-OH is 1. The number of anilines is 1. The summed E-state index contributed by atoms with van der Waals surface area (Å²) in [5.41, 5.74) is 2.91. The number of benzene rings is 3. The van der Waals surface area contributed by atoms with Gasteiger partial charge in [-0.1, -0.05) is 12.1 Å². The summed E-state index contributed by atoms with van der Waals surface area (Å²) in [6.07, 6.45) is 0. The number of aryl methyl sites for hydroxylation is 2. The molecule has 1 aliphatic heterocycles. The van der Waals surface area contributed by atoms with Crippen molar-refractivity contribution in [2.45, 2.75) is 26.8 Å². The number of nitrogens with zero attached hydrogens (tertiary/aromatic N) is 1. The van der Waals surface area contributed by atoms with Gasteiger partial charge in [-0.15, -0.1) is 0 Å². The first kappa shape index (κ1) is 26.6. The van der Waals surface area contributed by atoms with Gasteiger partial charge in [0.25, 0.3) is 11.7 Å². The van der Waals surface area contributed by atoms with E-state index in [1.165, 1.54) is 19.1 Å². The van der Waals surface area contributed by atoms with E-state index in [1.807, 2.05) is 20.8 Å². The molecule has 1 unspecified atom stereocenters. The van der Waals surface area contributed by atoms with E-state index in [-0.39, 0.29) is 11.3 Å². The third-order valence-electron chi connectivity index (χ3n) is 6.58. The minimum absolute atomic E-state index is 0.0295. The van der Waals surface area contributed by atoms with Crippen LogP contribution in [0.5, 0.6) is 23.0 Å². The second-order valence-electron chi connectivity index (χ2n) is 8.85. The molecular weight excluding hydrogens is 486 g/mol. The van der Waals surface area contributed by atoms with E-state index in [2.05, 4.69) is 0 Å². The Hall–Kier alpha value is -4.46. The molecule has 0 saturated carbocycles. The van der Waals surface area contributed by atoms with Gasteiger partial charge in [0.15, 0.2) is 11.5 Å². The molecule has 3 aromatic rings. The van der Waals surface area contributed by atoms with Crippen molar-refractivity contribution in [3.8, 4) is 23.0 Å². The van der Waals surface area contributed by atoms with Crippen molar-refractivity contribution in [2.75, 3.05) is 32.8 Å². The molecule has 4 rings (SSSR count). The number of rotatable bonds is 8. The summed E-state index contributed by atoms with van der Waals surface area (Å²) in [4.78, 5) is 28.5. The van der Waals surface area contributed by atoms with Crippen LogP contribution in [0.2, 0.25) is 0 Å². The number of carbonyl (C=O) groups is 2. The molecule has 198 valence electrons. The molecule has 38 heavy (non-hydrogen) atoms. The average molecular weight is 518 g/mol. The quantitative estimate of drug-likeness (QED) is 0.244. The molecule has 1 fully saturated rings. The number of methoxy groups -OCH3 is 3. The van der Waals surface area contributed by atoms with Crippen LogP contribution < -0.4 is 23.8 Å². The highest BCUT2D eigenvalue weighted by Gasteiger charge is 2.47. The predicted molar refractivity (Wildman–Crippen MR) is 144 cm³/mol. The summed E-state index contributed by atoms with van der Waals surface area (Å²) in [7, 11) is 4.63. The van der Waals surface area contributed by atoms with Crippen molar-refractivity contribution < 1.29 is 33.6 Å². The van der Waals surface area contributed by atoms with E-state index in [9.17, 15) is 14.7 Å². The highest BCUT2D eigenvalue weighted by Crippen LogP contribution is 2.45. The van der Waals surface area contributed by atoms with E-state index in [4.69, 9.17) is 18.9 Å². The Bertz CT molecular complexity index is 1430. The zero-order valence-corrected chi connectivity index (χ0v) is 22.3. The van der Waals surface area contributed by atoms with Crippen LogP contribution in [0.25, 0.3) is 5.76 Å². The fourth-order valence-electron chi connectivity index (χ4n) is 4.72. The van der Waals surface area contributed by atoms with E-state index < -0.39 is 17.7 Å². The average Bonchev–Trinajstić information content (AvgIpc) is 3.19. The standard InChI is InChI=1S/C30H31NO7/c1-7-38-25-15-19(11-12-23(25)36-5)27-26(28(32)22-13-18(3)24(37-6)14-17(22)2)29(33)30(34)31(27)20-9-8-10-21(16-20)35-4/h8-16,27,32H,7H2,1-6H3/b28-26+. The molecule has 0 aromatic heterocycles. The van der Waals surface area contributed by atoms with Gasteiger partial charge in [0, 0.05) is 17.3 Å². The molecule has 1 N–H and O–H groups in total. The topological polar surface area (TPSA) is 94.5 Å². The maximum Gasteiger partial charge on any atom is 0.300 e. The van der Waals surface area contributed by atoms with Crippen LogP contribution in [-0.2, 0) is 9.59 Å². The van der Waals surface area contributed by atoms with Gasteiger partial charge in [0.05, 0.1) is 39.6 Å². The summed E-state index contributed by atoms with van der Waals surface area (Å²) in [6, 6.07) is 14.7.